The van der Waals surface area contributed by atoms with Gasteiger partial charge in [0.1, 0.15) is 23.3 Å². The number of nitrogens with zero attached hydrogens (tertiary/aromatic N) is 10. The van der Waals surface area contributed by atoms with Crippen molar-refractivity contribution in [1.82, 2.24) is 48.2 Å². The monoisotopic (exact) mass is 1020 g/mol. The fourth-order valence-electron chi connectivity index (χ4n) is 6.20. The van der Waals surface area contributed by atoms with Crippen molar-refractivity contribution in [2.24, 2.45) is 28.2 Å². The number of benzene rings is 2. The average Bonchev–Trinajstić information content (AvgIpc) is 3.92. The SMILES string of the molecule is Cn1[c-]nc(-c2cccc3c2[n-]c2c(-c4nccn4C)coc23)c1.Cn1cnc(-c2cccc3c2[n-]c2c(-c4n[c-]cn4C)coc23)c1.[Pt+2].[Pt+2]. The summed E-state index contributed by atoms with van der Waals surface area (Å²) in [5, 5.41) is 1.96. The molecule has 0 aliphatic heterocycles. The normalized spacial score (nSPS) is 11.3. The number of rotatable bonds is 4. The Balaban J connectivity index is 0.000000151. The molecule has 252 valence electrons. The molecule has 14 heteroatoms. The summed E-state index contributed by atoms with van der Waals surface area (Å²) in [6.07, 6.45) is 20.4. The number of aromatic nitrogens is 10. The average molecular weight is 1020 g/mol. The maximum Gasteiger partial charge on any atom is 2.00 e. The van der Waals surface area contributed by atoms with Crippen molar-refractivity contribution in [3.63, 3.8) is 0 Å². The van der Waals surface area contributed by atoms with Crippen molar-refractivity contribution in [2.45, 2.75) is 0 Å². The van der Waals surface area contributed by atoms with Gasteiger partial charge in [-0.2, -0.15) is 0 Å². The fraction of sp³-hybridized carbons (Fsp3) is 0.111. The second-order valence-electron chi connectivity index (χ2n) is 11.7. The van der Waals surface area contributed by atoms with Crippen LogP contribution in [0.5, 0.6) is 0 Å². The summed E-state index contributed by atoms with van der Waals surface area (Å²) in [6.45, 7) is 0. The molecule has 0 atom stereocenters. The van der Waals surface area contributed by atoms with Crippen molar-refractivity contribution in [3.05, 3.63) is 98.8 Å². The number of aryl methyl sites for hydroxylation is 4. The predicted octanol–water partition coefficient (Wildman–Crippen LogP) is 6.28. The van der Waals surface area contributed by atoms with E-state index in [9.17, 15) is 0 Å². The third kappa shape index (κ3) is 5.30. The van der Waals surface area contributed by atoms with Gasteiger partial charge in [0.25, 0.3) is 0 Å². The van der Waals surface area contributed by atoms with Crippen molar-refractivity contribution in [1.29, 1.82) is 0 Å². The van der Waals surface area contributed by atoms with Gasteiger partial charge < -0.3 is 47.0 Å². The summed E-state index contributed by atoms with van der Waals surface area (Å²) in [5.41, 5.74) is 10.5. The van der Waals surface area contributed by atoms with E-state index >= 15 is 0 Å². The predicted molar refractivity (Wildman–Crippen MR) is 181 cm³/mol. The standard InChI is InChI=1S/2C18H13N5O.2Pt/c2*1-22-8-14(20-10-22)11-4-3-5-12-15(11)21-16-13(9-24-17(12)16)18-19-6-7-23(18)2;;/h3-5,7-10H,1-2H3;3-9H,1-2H3;;/q2*-2;2*+2. The van der Waals surface area contributed by atoms with Crippen LogP contribution in [0.1, 0.15) is 0 Å². The Kier molecular flexibility index (Phi) is 8.62. The van der Waals surface area contributed by atoms with Crippen LogP contribution in [0.3, 0.4) is 0 Å². The maximum absolute atomic E-state index is 5.83. The Morgan fingerprint density at radius 3 is 1.82 bits per heavy atom. The number of hydrogen-bond acceptors (Lipinski definition) is 6. The first-order chi connectivity index (χ1) is 23.4. The zero-order valence-electron chi connectivity index (χ0n) is 27.0. The van der Waals surface area contributed by atoms with E-state index in [1.54, 1.807) is 35.8 Å². The van der Waals surface area contributed by atoms with Gasteiger partial charge >= 0.3 is 42.1 Å². The molecule has 0 amide bonds. The molecule has 10 aromatic rings. The van der Waals surface area contributed by atoms with Gasteiger partial charge in [-0.3, -0.25) is 0 Å². The first-order valence-corrected chi connectivity index (χ1v) is 15.1. The summed E-state index contributed by atoms with van der Waals surface area (Å²) in [5.74, 6) is 1.63. The summed E-state index contributed by atoms with van der Waals surface area (Å²) in [7, 11) is 7.75. The van der Waals surface area contributed by atoms with Gasteiger partial charge in [-0.1, -0.05) is 64.9 Å². The topological polar surface area (TPSA) is 126 Å². The van der Waals surface area contributed by atoms with Crippen molar-refractivity contribution in [3.8, 4) is 45.3 Å². The van der Waals surface area contributed by atoms with Crippen LogP contribution >= 0.6 is 0 Å². The third-order valence-corrected chi connectivity index (χ3v) is 8.50. The van der Waals surface area contributed by atoms with E-state index in [0.717, 1.165) is 89.3 Å². The summed E-state index contributed by atoms with van der Waals surface area (Å²) in [4.78, 5) is 27.2. The van der Waals surface area contributed by atoms with Crippen LogP contribution in [-0.4, -0.2) is 38.2 Å². The third-order valence-electron chi connectivity index (χ3n) is 8.50. The molecule has 0 spiro atoms. The first kappa shape index (κ1) is 33.3. The number of furan rings is 2. The van der Waals surface area contributed by atoms with Crippen LogP contribution in [0.25, 0.3) is 89.3 Å². The second kappa shape index (κ2) is 12.9. The van der Waals surface area contributed by atoms with Gasteiger partial charge in [-0.05, 0) is 31.0 Å². The molecule has 12 nitrogen and oxygen atoms in total. The van der Waals surface area contributed by atoms with E-state index in [0.29, 0.717) is 0 Å². The molecule has 0 aliphatic carbocycles. The Morgan fingerprint density at radius 1 is 0.660 bits per heavy atom. The van der Waals surface area contributed by atoms with E-state index < -0.39 is 0 Å². The number of fused-ring (bicyclic) bond motifs is 6. The minimum atomic E-state index is 0. The van der Waals surface area contributed by atoms with Crippen LogP contribution < -0.4 is 9.97 Å². The van der Waals surface area contributed by atoms with Crippen molar-refractivity contribution < 1.29 is 51.0 Å². The van der Waals surface area contributed by atoms with Gasteiger partial charge in [0.05, 0.1) is 18.3 Å². The molecule has 0 saturated heterocycles. The van der Waals surface area contributed by atoms with Crippen LogP contribution in [0, 0.1) is 12.5 Å². The Morgan fingerprint density at radius 2 is 1.30 bits per heavy atom. The van der Waals surface area contributed by atoms with E-state index in [4.69, 9.17) is 18.8 Å². The molecule has 0 aliphatic rings. The largest absolute Gasteiger partial charge is 2.00 e. The van der Waals surface area contributed by atoms with E-state index in [2.05, 4.69) is 32.5 Å². The molecule has 0 unspecified atom stereocenters. The molecule has 8 aromatic heterocycles. The molecule has 0 bridgehead atoms. The van der Waals surface area contributed by atoms with E-state index in [1.165, 1.54) is 0 Å². The molecule has 0 radical (unpaired) electrons. The molecule has 8 heterocycles. The Hall–Kier alpha value is -5.18. The minimum absolute atomic E-state index is 0. The summed E-state index contributed by atoms with van der Waals surface area (Å²) < 4.78 is 19.2. The van der Waals surface area contributed by atoms with Gasteiger partial charge in [0.2, 0.25) is 0 Å². The zero-order valence-corrected chi connectivity index (χ0v) is 31.5. The summed E-state index contributed by atoms with van der Waals surface area (Å²) in [6, 6.07) is 12.1. The fourth-order valence-corrected chi connectivity index (χ4v) is 6.20. The van der Waals surface area contributed by atoms with Gasteiger partial charge in [0, 0.05) is 55.3 Å². The van der Waals surface area contributed by atoms with Crippen LogP contribution in [0.2, 0.25) is 0 Å². The van der Waals surface area contributed by atoms with E-state index in [-0.39, 0.29) is 42.1 Å². The number of imidazole rings is 4. The van der Waals surface area contributed by atoms with Crippen LogP contribution in [0.4, 0.5) is 0 Å². The maximum atomic E-state index is 5.83. The van der Waals surface area contributed by atoms with Gasteiger partial charge in [-0.25, -0.2) is 9.97 Å². The molecular formula is C36H26N10O2Pt2. The molecule has 0 fully saturated rings. The molecule has 0 saturated carbocycles. The second-order valence-corrected chi connectivity index (χ2v) is 11.7. The van der Waals surface area contributed by atoms with Crippen molar-refractivity contribution >= 4 is 44.0 Å². The molecule has 0 N–H and O–H groups in total. The quantitative estimate of drug-likeness (QED) is 0.189. The van der Waals surface area contributed by atoms with Crippen LogP contribution in [-0.2, 0) is 70.3 Å². The Labute approximate surface area is 313 Å². The number of hydrogen-bond donors (Lipinski definition) is 0. The molecular weight excluding hydrogens is 995 g/mol. The molecule has 50 heavy (non-hydrogen) atoms. The van der Waals surface area contributed by atoms with Gasteiger partial charge in [0.15, 0.2) is 0 Å². The molecule has 10 rings (SSSR count). The van der Waals surface area contributed by atoms with Crippen molar-refractivity contribution in [2.75, 3.05) is 0 Å². The minimum Gasteiger partial charge on any atom is -0.654 e. The van der Waals surface area contributed by atoms with Gasteiger partial charge in [-0.15, -0.1) is 23.4 Å². The Bertz CT molecular complexity index is 2570. The first-order valence-electron chi connectivity index (χ1n) is 15.1. The van der Waals surface area contributed by atoms with Crippen LogP contribution in [0.15, 0.2) is 95.1 Å². The zero-order chi connectivity index (χ0) is 32.5. The summed E-state index contributed by atoms with van der Waals surface area (Å²) >= 11 is 0. The smallest absolute Gasteiger partial charge is 0.654 e. The van der Waals surface area contributed by atoms with E-state index in [1.807, 2.05) is 96.9 Å². The molecule has 2 aromatic carbocycles. The number of para-hydroxylation sites is 2.